The van der Waals surface area contributed by atoms with Crippen LogP contribution in [0.2, 0.25) is 0 Å². The number of hydrogen-bond donors (Lipinski definition) is 1. The zero-order chi connectivity index (χ0) is 27.1. The van der Waals surface area contributed by atoms with Gasteiger partial charge in [-0.15, -0.1) is 5.10 Å². The van der Waals surface area contributed by atoms with Gasteiger partial charge in [-0.05, 0) is 60.7 Å². The van der Waals surface area contributed by atoms with E-state index in [0.717, 1.165) is 9.86 Å². The van der Waals surface area contributed by atoms with Crippen molar-refractivity contribution < 1.29 is 19.1 Å². The number of carbonyl (C=O) groups excluding carboxylic acids is 1. The van der Waals surface area contributed by atoms with Crippen LogP contribution in [0.15, 0.2) is 71.5 Å². The second kappa shape index (κ2) is 10.0. The average molecular weight is 590 g/mol. The molecule has 6 rings (SSSR count). The standard InChI is InChI=1S/C27H21BrFN7O3/c28-17-6-5-16-9-11-31-24(21(16)13-17)35(19-3-2-12-34(15-19)27(38)39)26(37)20-8-7-18(14-22(20)29)36-25-23(32-33-36)4-1-10-30-25/h1,4-11,13-14,19H,2-3,12,15H2,(H,38,39)/t19-/m1/s1. The van der Waals surface area contributed by atoms with Gasteiger partial charge >= 0.3 is 6.09 Å². The Balaban J connectivity index is 1.44. The number of pyridine rings is 2. The molecule has 3 aromatic heterocycles. The number of aromatic nitrogens is 5. The number of amides is 2. The summed E-state index contributed by atoms with van der Waals surface area (Å²) in [4.78, 5) is 37.4. The molecule has 0 spiro atoms. The number of anilines is 1. The van der Waals surface area contributed by atoms with Crippen LogP contribution < -0.4 is 4.90 Å². The second-order valence-electron chi connectivity index (χ2n) is 9.21. The van der Waals surface area contributed by atoms with Crippen molar-refractivity contribution in [1.82, 2.24) is 29.9 Å². The Bertz CT molecular complexity index is 1740. The monoisotopic (exact) mass is 589 g/mol. The van der Waals surface area contributed by atoms with Gasteiger partial charge in [0.1, 0.15) is 17.2 Å². The van der Waals surface area contributed by atoms with Gasteiger partial charge in [0.25, 0.3) is 5.91 Å². The van der Waals surface area contributed by atoms with Crippen LogP contribution >= 0.6 is 15.9 Å². The van der Waals surface area contributed by atoms with Gasteiger partial charge in [-0.3, -0.25) is 9.69 Å². The second-order valence-corrected chi connectivity index (χ2v) is 10.1. The topological polar surface area (TPSA) is 117 Å². The summed E-state index contributed by atoms with van der Waals surface area (Å²) in [6.07, 6.45) is 3.21. The molecule has 0 unspecified atom stereocenters. The molecule has 0 aliphatic carbocycles. The third-order valence-corrected chi connectivity index (χ3v) is 7.32. The van der Waals surface area contributed by atoms with Crippen molar-refractivity contribution in [2.75, 3.05) is 18.0 Å². The fourth-order valence-corrected chi connectivity index (χ4v) is 5.33. The lowest BCUT2D eigenvalue weighted by atomic mass is 10.0. The van der Waals surface area contributed by atoms with Crippen LogP contribution in [0.3, 0.4) is 0 Å². The Morgan fingerprint density at radius 3 is 2.77 bits per heavy atom. The van der Waals surface area contributed by atoms with Crippen molar-refractivity contribution in [3.8, 4) is 5.69 Å². The molecule has 1 aliphatic heterocycles. The van der Waals surface area contributed by atoms with E-state index in [9.17, 15) is 14.7 Å². The highest BCUT2D eigenvalue weighted by atomic mass is 79.9. The maximum Gasteiger partial charge on any atom is 0.407 e. The third-order valence-electron chi connectivity index (χ3n) is 6.82. The van der Waals surface area contributed by atoms with E-state index in [1.54, 1.807) is 30.6 Å². The van der Waals surface area contributed by atoms with Crippen LogP contribution in [0.4, 0.5) is 15.0 Å². The molecule has 1 fully saturated rings. The van der Waals surface area contributed by atoms with Gasteiger partial charge in [0.2, 0.25) is 0 Å². The summed E-state index contributed by atoms with van der Waals surface area (Å²) in [6.45, 7) is 0.453. The molecule has 1 saturated heterocycles. The van der Waals surface area contributed by atoms with Crippen LogP contribution in [-0.2, 0) is 0 Å². The first kappa shape index (κ1) is 24.9. The molecule has 12 heteroatoms. The Morgan fingerprint density at radius 1 is 1.08 bits per heavy atom. The molecule has 1 atom stereocenters. The van der Waals surface area contributed by atoms with Crippen molar-refractivity contribution >= 4 is 55.7 Å². The largest absolute Gasteiger partial charge is 0.465 e. The van der Waals surface area contributed by atoms with Crippen LogP contribution in [0, 0.1) is 5.82 Å². The van der Waals surface area contributed by atoms with E-state index in [-0.39, 0.29) is 12.1 Å². The third kappa shape index (κ3) is 4.56. The van der Waals surface area contributed by atoms with E-state index in [1.807, 2.05) is 24.3 Å². The lowest BCUT2D eigenvalue weighted by Crippen LogP contribution is -2.52. The number of rotatable bonds is 4. The first-order valence-electron chi connectivity index (χ1n) is 12.2. The normalized spacial score (nSPS) is 15.5. The Hall–Kier alpha value is -4.45. The fourth-order valence-electron chi connectivity index (χ4n) is 4.97. The summed E-state index contributed by atoms with van der Waals surface area (Å²) in [5.74, 6) is -1.03. The minimum absolute atomic E-state index is 0.0868. The number of fused-ring (bicyclic) bond motifs is 2. The maximum atomic E-state index is 15.7. The molecule has 1 aliphatic rings. The summed E-state index contributed by atoms with van der Waals surface area (Å²) in [5, 5.41) is 19.3. The molecular weight excluding hydrogens is 569 g/mol. The molecule has 10 nitrogen and oxygen atoms in total. The highest BCUT2D eigenvalue weighted by Crippen LogP contribution is 2.32. The molecule has 39 heavy (non-hydrogen) atoms. The number of carboxylic acid groups (broad SMARTS) is 1. The molecule has 0 bridgehead atoms. The highest BCUT2D eigenvalue weighted by Gasteiger charge is 2.35. The first-order chi connectivity index (χ1) is 18.9. The van der Waals surface area contributed by atoms with Crippen LogP contribution in [0.1, 0.15) is 23.2 Å². The molecule has 0 saturated carbocycles. The Labute approximate surface area is 229 Å². The Kier molecular flexibility index (Phi) is 6.39. The van der Waals surface area contributed by atoms with E-state index in [2.05, 4.69) is 36.2 Å². The lowest BCUT2D eigenvalue weighted by molar-refractivity contribution is 0.0938. The van der Waals surface area contributed by atoms with E-state index in [1.165, 1.54) is 26.6 Å². The van der Waals surface area contributed by atoms with Crippen molar-refractivity contribution in [1.29, 1.82) is 0 Å². The zero-order valence-electron chi connectivity index (χ0n) is 20.4. The SMILES string of the molecule is O=C(O)N1CCC[C@@H](N(C(=O)c2ccc(-n3nnc4cccnc43)cc2F)c2nccc3ccc(Br)cc23)C1. The predicted octanol–water partition coefficient (Wildman–Crippen LogP) is 5.05. The molecule has 1 N–H and O–H groups in total. The molecule has 2 amide bonds. The quantitative estimate of drug-likeness (QED) is 0.311. The van der Waals surface area contributed by atoms with Gasteiger partial charge in [-0.2, -0.15) is 4.68 Å². The number of halogens is 2. The van der Waals surface area contributed by atoms with E-state index in [4.69, 9.17) is 0 Å². The fraction of sp³-hybridized carbons (Fsp3) is 0.185. The number of benzene rings is 2. The van der Waals surface area contributed by atoms with Gasteiger partial charge in [0, 0.05) is 41.4 Å². The summed E-state index contributed by atoms with van der Waals surface area (Å²) < 4.78 is 17.8. The summed E-state index contributed by atoms with van der Waals surface area (Å²) in [7, 11) is 0. The molecular formula is C27H21BrFN7O3. The van der Waals surface area contributed by atoms with Gasteiger partial charge < -0.3 is 10.0 Å². The van der Waals surface area contributed by atoms with Gasteiger partial charge in [0.05, 0.1) is 17.3 Å². The average Bonchev–Trinajstić information content (AvgIpc) is 3.38. The van der Waals surface area contributed by atoms with Crippen molar-refractivity contribution in [2.24, 2.45) is 0 Å². The molecule has 5 aromatic rings. The molecule has 196 valence electrons. The van der Waals surface area contributed by atoms with Gasteiger partial charge in [0.15, 0.2) is 5.65 Å². The van der Waals surface area contributed by atoms with E-state index < -0.39 is 23.9 Å². The minimum Gasteiger partial charge on any atom is -0.465 e. The van der Waals surface area contributed by atoms with Crippen molar-refractivity contribution in [3.05, 3.63) is 82.8 Å². The summed E-state index contributed by atoms with van der Waals surface area (Å²) >= 11 is 3.48. The van der Waals surface area contributed by atoms with Crippen LogP contribution in [0.25, 0.3) is 27.6 Å². The highest BCUT2D eigenvalue weighted by molar-refractivity contribution is 9.10. The Morgan fingerprint density at radius 2 is 1.95 bits per heavy atom. The number of piperidine rings is 1. The number of likely N-dealkylation sites (tertiary alicyclic amines) is 1. The van der Waals surface area contributed by atoms with Gasteiger partial charge in [-0.25, -0.2) is 19.2 Å². The zero-order valence-corrected chi connectivity index (χ0v) is 22.0. The lowest BCUT2D eigenvalue weighted by Gasteiger charge is -2.38. The minimum atomic E-state index is -1.06. The molecule has 2 aromatic carbocycles. The van der Waals surface area contributed by atoms with Gasteiger partial charge in [-0.1, -0.05) is 27.2 Å². The molecule has 0 radical (unpaired) electrons. The van der Waals surface area contributed by atoms with Crippen molar-refractivity contribution in [3.63, 3.8) is 0 Å². The van der Waals surface area contributed by atoms with Crippen molar-refractivity contribution in [2.45, 2.75) is 18.9 Å². The maximum absolute atomic E-state index is 15.7. The predicted molar refractivity (Wildman–Crippen MR) is 145 cm³/mol. The number of hydrogen-bond acceptors (Lipinski definition) is 6. The van der Waals surface area contributed by atoms with Crippen LogP contribution in [-0.4, -0.2) is 66.1 Å². The summed E-state index contributed by atoms with van der Waals surface area (Å²) in [6, 6.07) is 14.6. The molecule has 4 heterocycles. The van der Waals surface area contributed by atoms with E-state index in [0.29, 0.717) is 47.4 Å². The van der Waals surface area contributed by atoms with E-state index >= 15 is 4.39 Å². The smallest absolute Gasteiger partial charge is 0.407 e. The van der Waals surface area contributed by atoms with Crippen LogP contribution in [0.5, 0.6) is 0 Å². The summed E-state index contributed by atoms with van der Waals surface area (Å²) in [5.41, 5.74) is 1.20. The number of carbonyl (C=O) groups is 2. The number of nitrogens with zero attached hydrogens (tertiary/aromatic N) is 7. The first-order valence-corrected chi connectivity index (χ1v) is 13.0.